The van der Waals surface area contributed by atoms with E-state index in [0.29, 0.717) is 67.7 Å². The van der Waals surface area contributed by atoms with E-state index in [9.17, 15) is 23.6 Å². The topological polar surface area (TPSA) is 91.0 Å². The molecule has 0 spiro atoms. The Morgan fingerprint density at radius 3 is 2.37 bits per heavy atom. The zero-order valence-electron chi connectivity index (χ0n) is 32.4. The van der Waals surface area contributed by atoms with Crippen LogP contribution in [0.4, 0.5) is 18.9 Å². The maximum absolute atomic E-state index is 15.6. The quantitative estimate of drug-likeness (QED) is 0.143. The third kappa shape index (κ3) is 7.90. The second-order valence-electron chi connectivity index (χ2n) is 14.6. The Bertz CT molecular complexity index is 2350. The van der Waals surface area contributed by atoms with Crippen molar-refractivity contribution in [2.45, 2.75) is 45.8 Å². The number of carbonyl (C=O) groups is 2. The summed E-state index contributed by atoms with van der Waals surface area (Å²) >= 11 is 0. The van der Waals surface area contributed by atoms with E-state index in [2.05, 4.69) is 11.0 Å². The molecule has 0 aliphatic carbocycles. The van der Waals surface area contributed by atoms with Crippen molar-refractivity contribution in [2.75, 3.05) is 44.9 Å². The van der Waals surface area contributed by atoms with E-state index in [-0.39, 0.29) is 35.8 Å². The van der Waals surface area contributed by atoms with Crippen molar-refractivity contribution in [2.24, 2.45) is 7.05 Å². The van der Waals surface area contributed by atoms with Gasteiger partial charge in [0.1, 0.15) is 11.6 Å². The molecular weight excluding hydrogens is 732 g/mol. The lowest BCUT2D eigenvalue weighted by Crippen LogP contribution is -2.52. The van der Waals surface area contributed by atoms with E-state index in [1.807, 2.05) is 49.4 Å². The van der Waals surface area contributed by atoms with Crippen LogP contribution in [0.1, 0.15) is 66.2 Å². The first-order chi connectivity index (χ1) is 27.5. The van der Waals surface area contributed by atoms with E-state index in [0.717, 1.165) is 34.4 Å². The molecule has 1 saturated heterocycles. The Kier molecular flexibility index (Phi) is 11.5. The second kappa shape index (κ2) is 16.7. The van der Waals surface area contributed by atoms with E-state index in [4.69, 9.17) is 9.47 Å². The van der Waals surface area contributed by atoms with Crippen LogP contribution in [0.5, 0.6) is 5.75 Å². The van der Waals surface area contributed by atoms with Crippen LogP contribution < -0.4 is 9.64 Å². The minimum Gasteiger partial charge on any atom is -0.496 e. The van der Waals surface area contributed by atoms with E-state index in [1.54, 1.807) is 65.8 Å². The molecule has 5 aromatic rings. The average Bonchev–Trinajstić information content (AvgIpc) is 3.52. The van der Waals surface area contributed by atoms with Crippen molar-refractivity contribution in [1.29, 1.82) is 5.26 Å². The summed E-state index contributed by atoms with van der Waals surface area (Å²) in [5, 5.41) is 9.46. The summed E-state index contributed by atoms with van der Waals surface area (Å²) in [6.45, 7) is 7.20. The number of amides is 2. The van der Waals surface area contributed by atoms with Gasteiger partial charge in [-0.15, -0.1) is 0 Å². The van der Waals surface area contributed by atoms with Crippen molar-refractivity contribution >= 4 is 17.5 Å². The number of hydrogen-bond acceptors (Lipinski definition) is 6. The fraction of sp³-hybridized carbons (Fsp3) is 0.311. The maximum Gasteiger partial charge on any atom is 0.266 e. The molecule has 9 nitrogen and oxygen atoms in total. The first-order valence-electron chi connectivity index (χ1n) is 18.9. The number of halogens is 3. The predicted molar refractivity (Wildman–Crippen MR) is 211 cm³/mol. The molecule has 3 heterocycles. The minimum atomic E-state index is -3.15. The molecule has 57 heavy (non-hydrogen) atoms. The molecule has 1 atom stereocenters. The lowest BCUT2D eigenvalue weighted by atomic mass is 9.91. The lowest BCUT2D eigenvalue weighted by molar-refractivity contribution is 0.0192. The standard InChI is InChI=1S/C45H44F3N5O4/c1-28-32(10-7-11-42(28)56-4)25-52(34-14-12-30(24-49)13-15-34)44(54)36-23-41(50(3)29(36)2)37-21-39(43(47)48)40(46)22-38(37)45(55)53-26-33-9-6-5-8-31(33)20-35(53)27-51-16-18-57-19-17-51/h5-15,21-23,35,43H,16-20,25-27H2,1-4H3/t35-/m0/s1. The SMILES string of the molecule is COc1cccc(CN(C(=O)c2cc(-c3cc(C(F)F)c(F)cc3C(=O)N3Cc4ccccc4C[C@H]3CN3CCOCC3)n(C)c2C)c2ccc(C#N)cc2)c1C. The molecule has 2 aliphatic heterocycles. The van der Waals surface area contributed by atoms with Crippen molar-refractivity contribution in [3.63, 3.8) is 0 Å². The van der Waals surface area contributed by atoms with Crippen LogP contribution in [0.15, 0.2) is 84.9 Å². The highest BCUT2D eigenvalue weighted by Gasteiger charge is 2.35. The molecule has 0 radical (unpaired) electrons. The molecule has 2 aliphatic rings. The molecule has 0 N–H and O–H groups in total. The summed E-state index contributed by atoms with van der Waals surface area (Å²) in [6, 6.07) is 25.5. The molecular formula is C45H44F3N5O4. The molecule has 0 bridgehead atoms. The number of anilines is 1. The Hall–Kier alpha value is -5.90. The summed E-state index contributed by atoms with van der Waals surface area (Å²) in [6.07, 6.45) is -2.57. The predicted octanol–water partition coefficient (Wildman–Crippen LogP) is 8.01. The van der Waals surface area contributed by atoms with Gasteiger partial charge in [0, 0.05) is 61.9 Å². The number of nitriles is 1. The number of methoxy groups -OCH3 is 1. The molecule has 7 rings (SSSR count). The van der Waals surface area contributed by atoms with Gasteiger partial charge in [0.05, 0.1) is 55.2 Å². The zero-order valence-corrected chi connectivity index (χ0v) is 32.4. The third-order valence-electron chi connectivity index (χ3n) is 11.3. The van der Waals surface area contributed by atoms with E-state index >= 15 is 4.39 Å². The van der Waals surface area contributed by atoms with Gasteiger partial charge in [-0.05, 0) is 91.1 Å². The van der Waals surface area contributed by atoms with E-state index in [1.165, 1.54) is 0 Å². The van der Waals surface area contributed by atoms with Gasteiger partial charge in [-0.1, -0.05) is 36.4 Å². The van der Waals surface area contributed by atoms with Gasteiger partial charge in [-0.2, -0.15) is 5.26 Å². The van der Waals surface area contributed by atoms with Crippen molar-refractivity contribution in [3.8, 4) is 23.1 Å². The highest BCUT2D eigenvalue weighted by atomic mass is 19.3. The first kappa shape index (κ1) is 39.3. The number of ether oxygens (including phenoxy) is 2. The van der Waals surface area contributed by atoms with Crippen molar-refractivity contribution < 1.29 is 32.2 Å². The van der Waals surface area contributed by atoms with Crippen LogP contribution in [-0.4, -0.2) is 72.2 Å². The van der Waals surface area contributed by atoms with Crippen molar-refractivity contribution in [3.05, 3.63) is 141 Å². The summed E-state index contributed by atoms with van der Waals surface area (Å²) in [4.78, 5) is 35.2. The summed E-state index contributed by atoms with van der Waals surface area (Å²) in [5.74, 6) is -1.41. The molecule has 12 heteroatoms. The molecule has 0 saturated carbocycles. The van der Waals surface area contributed by atoms with Crippen LogP contribution in [0.25, 0.3) is 11.3 Å². The smallest absolute Gasteiger partial charge is 0.266 e. The van der Waals surface area contributed by atoms with Gasteiger partial charge in [0.2, 0.25) is 0 Å². The number of fused-ring (bicyclic) bond motifs is 1. The number of alkyl halides is 2. The highest BCUT2D eigenvalue weighted by molar-refractivity contribution is 6.08. The van der Waals surface area contributed by atoms with Gasteiger partial charge in [-0.3, -0.25) is 14.5 Å². The van der Waals surface area contributed by atoms with Crippen LogP contribution in [-0.2, 0) is 31.3 Å². The van der Waals surface area contributed by atoms with Crippen LogP contribution in [0.3, 0.4) is 0 Å². The minimum absolute atomic E-state index is 0.0705. The summed E-state index contributed by atoms with van der Waals surface area (Å²) in [7, 11) is 3.27. The number of hydrogen-bond donors (Lipinski definition) is 0. The Morgan fingerprint density at radius 2 is 1.68 bits per heavy atom. The Balaban J connectivity index is 1.32. The second-order valence-corrected chi connectivity index (χ2v) is 14.6. The average molecular weight is 776 g/mol. The van der Waals surface area contributed by atoms with Gasteiger partial charge in [0.25, 0.3) is 18.2 Å². The largest absolute Gasteiger partial charge is 0.496 e. The van der Waals surface area contributed by atoms with Crippen LogP contribution >= 0.6 is 0 Å². The Labute approximate surface area is 330 Å². The fourth-order valence-corrected chi connectivity index (χ4v) is 7.91. The number of rotatable bonds is 10. The van der Waals surface area contributed by atoms with Crippen molar-refractivity contribution in [1.82, 2.24) is 14.4 Å². The molecule has 1 aromatic heterocycles. The number of aromatic nitrogens is 1. The van der Waals surface area contributed by atoms with Gasteiger partial charge < -0.3 is 23.8 Å². The normalized spacial score (nSPS) is 15.6. The monoisotopic (exact) mass is 775 g/mol. The first-order valence-corrected chi connectivity index (χ1v) is 18.9. The van der Waals surface area contributed by atoms with Crippen LogP contribution in [0.2, 0.25) is 0 Å². The van der Waals surface area contributed by atoms with E-state index < -0.39 is 29.6 Å². The van der Waals surface area contributed by atoms with Gasteiger partial charge in [0.15, 0.2) is 0 Å². The molecule has 2 amide bonds. The Morgan fingerprint density at radius 1 is 0.965 bits per heavy atom. The number of benzene rings is 4. The molecule has 294 valence electrons. The van der Waals surface area contributed by atoms with Gasteiger partial charge in [-0.25, -0.2) is 13.2 Å². The zero-order chi connectivity index (χ0) is 40.4. The molecule has 1 fully saturated rings. The maximum atomic E-state index is 15.6. The fourth-order valence-electron chi connectivity index (χ4n) is 7.91. The number of nitrogens with zero attached hydrogens (tertiary/aromatic N) is 5. The molecule has 0 unspecified atom stereocenters. The number of carbonyl (C=O) groups excluding carboxylic acids is 2. The summed E-state index contributed by atoms with van der Waals surface area (Å²) in [5.41, 5.74) is 4.97. The number of morpholine rings is 1. The lowest BCUT2D eigenvalue weighted by Gasteiger charge is -2.40. The summed E-state index contributed by atoms with van der Waals surface area (Å²) < 4.78 is 57.2. The van der Waals surface area contributed by atoms with Crippen LogP contribution in [0, 0.1) is 31.0 Å². The molecule has 4 aromatic carbocycles. The van der Waals surface area contributed by atoms with Gasteiger partial charge >= 0.3 is 0 Å². The third-order valence-corrected chi connectivity index (χ3v) is 11.3. The highest BCUT2D eigenvalue weighted by Crippen LogP contribution is 2.37.